The van der Waals surface area contributed by atoms with Gasteiger partial charge in [-0.15, -0.1) is 0 Å². The van der Waals surface area contributed by atoms with E-state index in [2.05, 4.69) is 27.7 Å². The molecular weight excluding hydrogens is 121 g/mol. The Balaban J connectivity index is -0.000000245. The summed E-state index contributed by atoms with van der Waals surface area (Å²) in [5.41, 5.74) is 1.52. The van der Waals surface area contributed by atoms with Crippen LogP contribution in [0.5, 0.6) is 0 Å². The van der Waals surface area contributed by atoms with E-state index in [4.69, 9.17) is 5.40 Å². The van der Waals surface area contributed by atoms with E-state index < -0.39 is 8.96 Å². The van der Waals surface area contributed by atoms with Crippen LogP contribution < -0.4 is 24.3 Å². The molecule has 0 unspecified atom stereocenters. The van der Waals surface area contributed by atoms with Gasteiger partial charge in [-0.05, 0) is 11.1 Å². The first-order valence-electron chi connectivity index (χ1n) is 3.31. The summed E-state index contributed by atoms with van der Waals surface area (Å²) in [4.78, 5) is 0. The third-order valence-electron chi connectivity index (χ3n) is 1.54. The van der Waals surface area contributed by atoms with Crippen LogP contribution in [0, 0.1) is 0 Å². The molecule has 0 atom stereocenters. The van der Waals surface area contributed by atoms with Gasteiger partial charge in [0.15, 0.2) is 0 Å². The summed E-state index contributed by atoms with van der Waals surface area (Å²) in [6, 6.07) is 0. The maximum absolute atomic E-state index is 5.90. The second-order valence-corrected chi connectivity index (χ2v) is 6.89. The van der Waals surface area contributed by atoms with Gasteiger partial charge in [-0.25, -0.2) is 0 Å². The average molecular weight is 139 g/mol. The van der Waals surface area contributed by atoms with E-state index in [-0.39, 0.29) is 20.3 Å². The van der Waals surface area contributed by atoms with Crippen LogP contribution in [0.4, 0.5) is 0 Å². The Bertz CT molecular complexity index is 62.8. The van der Waals surface area contributed by atoms with Gasteiger partial charge in [0.1, 0.15) is 8.96 Å². The predicted octanol–water partition coefficient (Wildman–Crippen LogP) is -1.39. The molecule has 0 aromatic rings. The molecule has 3 heteroatoms. The van der Waals surface area contributed by atoms with Crippen LogP contribution in [0.1, 0.15) is 29.1 Å². The van der Waals surface area contributed by atoms with Gasteiger partial charge in [0.05, 0.1) is 0 Å². The van der Waals surface area contributed by atoms with Crippen LogP contribution in [0.25, 0.3) is 0 Å². The average Bonchev–Trinajstić information content (AvgIpc) is 1.64. The van der Waals surface area contributed by atoms with Crippen LogP contribution in [-0.4, -0.2) is 8.96 Å². The minimum Gasteiger partial charge on any atom is -1.00 e. The van der Waals surface area contributed by atoms with Crippen molar-refractivity contribution in [3.63, 3.8) is 0 Å². The van der Waals surface area contributed by atoms with Crippen LogP contribution in [0.15, 0.2) is 0 Å². The number of nitrogens with two attached hydrogens (primary N) is 1. The van der Waals surface area contributed by atoms with Gasteiger partial charge in [-0.3, -0.25) is 0 Å². The molecule has 0 spiro atoms. The van der Waals surface area contributed by atoms with E-state index in [0.29, 0.717) is 0 Å². The fourth-order valence-corrected chi connectivity index (χ4v) is 2.31. The van der Waals surface area contributed by atoms with Crippen molar-refractivity contribution in [2.45, 2.75) is 38.8 Å². The Kier molecular flexibility index (Phi) is 7.68. The van der Waals surface area contributed by atoms with E-state index in [1.165, 1.54) is 0 Å². The number of hydrogen-bond donors (Lipinski definition) is 1. The van der Waals surface area contributed by atoms with E-state index in [1.807, 2.05) is 0 Å². The summed E-state index contributed by atoms with van der Waals surface area (Å²) in [5, 5.41) is 5.90. The molecule has 0 fully saturated rings. The molecule has 0 aromatic carbocycles. The molecular formula is C6H18LiNSi. The quantitative estimate of drug-likeness (QED) is 0.468. The van der Waals surface area contributed by atoms with Gasteiger partial charge >= 0.3 is 18.9 Å². The SMILES string of the molecule is CC(C)[SiH](N)C(C)C.[H-].[Li+]. The predicted molar refractivity (Wildman–Crippen MR) is 42.6 cm³/mol. The largest absolute Gasteiger partial charge is 1.00 e. The molecule has 0 amide bonds. The third kappa shape index (κ3) is 5.23. The summed E-state index contributed by atoms with van der Waals surface area (Å²) in [7, 11) is -0.849. The zero-order chi connectivity index (χ0) is 6.73. The Morgan fingerprint density at radius 3 is 1.33 bits per heavy atom. The monoisotopic (exact) mass is 139 g/mol. The Hall–Kier alpha value is 0.774. The van der Waals surface area contributed by atoms with E-state index >= 15 is 0 Å². The van der Waals surface area contributed by atoms with Crippen molar-refractivity contribution in [2.24, 2.45) is 5.40 Å². The molecule has 0 rings (SSSR count). The van der Waals surface area contributed by atoms with Crippen molar-refractivity contribution in [1.29, 1.82) is 0 Å². The molecule has 0 saturated carbocycles. The molecule has 1 nitrogen and oxygen atoms in total. The maximum Gasteiger partial charge on any atom is 1.00 e. The molecule has 0 heterocycles. The van der Waals surface area contributed by atoms with Crippen molar-refractivity contribution in [3.8, 4) is 0 Å². The van der Waals surface area contributed by atoms with Crippen molar-refractivity contribution < 1.29 is 20.3 Å². The molecule has 52 valence electrons. The van der Waals surface area contributed by atoms with Gasteiger partial charge in [-0.1, -0.05) is 27.7 Å². The summed E-state index contributed by atoms with van der Waals surface area (Å²) in [6.45, 7) is 8.88. The molecule has 0 bridgehead atoms. The Morgan fingerprint density at radius 2 is 1.33 bits per heavy atom. The minimum absolute atomic E-state index is 0. The second kappa shape index (κ2) is 5.55. The van der Waals surface area contributed by atoms with E-state index in [9.17, 15) is 0 Å². The third-order valence-corrected chi connectivity index (χ3v) is 4.62. The molecule has 2 N–H and O–H groups in total. The standard InChI is InChI=1S/C6H17NSi.Li.H/c1-5(2)8(7)6(3)4;;/h5-6,8H,7H2,1-4H3;;/q;+1;-1. The minimum atomic E-state index is -0.849. The summed E-state index contributed by atoms with van der Waals surface area (Å²) >= 11 is 0. The van der Waals surface area contributed by atoms with Crippen molar-refractivity contribution >= 4 is 8.96 Å². The van der Waals surface area contributed by atoms with Gasteiger partial charge in [-0.2, -0.15) is 0 Å². The first-order valence-corrected chi connectivity index (χ1v) is 5.31. The fourth-order valence-electron chi connectivity index (χ4n) is 0.770. The van der Waals surface area contributed by atoms with Gasteiger partial charge in [0, 0.05) is 0 Å². The zero-order valence-electron chi connectivity index (χ0n) is 8.31. The Labute approximate surface area is 73.7 Å². The fraction of sp³-hybridized carbons (Fsp3) is 1.00. The van der Waals surface area contributed by atoms with Gasteiger partial charge < -0.3 is 6.83 Å². The molecule has 0 aromatic heterocycles. The number of rotatable bonds is 2. The Morgan fingerprint density at radius 1 is 1.11 bits per heavy atom. The number of hydrogen-bond acceptors (Lipinski definition) is 1. The van der Waals surface area contributed by atoms with E-state index in [1.54, 1.807) is 0 Å². The van der Waals surface area contributed by atoms with Crippen molar-refractivity contribution in [2.75, 3.05) is 0 Å². The van der Waals surface area contributed by atoms with Gasteiger partial charge in [0.25, 0.3) is 0 Å². The normalized spacial score (nSPS) is 10.7. The molecule has 9 heavy (non-hydrogen) atoms. The smallest absolute Gasteiger partial charge is 1.00 e. The maximum atomic E-state index is 5.90. The first-order chi connectivity index (χ1) is 3.55. The molecule has 0 saturated heterocycles. The molecule has 0 aliphatic rings. The summed E-state index contributed by atoms with van der Waals surface area (Å²) < 4.78 is 0. The van der Waals surface area contributed by atoms with Crippen molar-refractivity contribution in [1.82, 2.24) is 0 Å². The molecule has 0 radical (unpaired) electrons. The van der Waals surface area contributed by atoms with Crippen LogP contribution >= 0.6 is 0 Å². The van der Waals surface area contributed by atoms with Crippen LogP contribution in [0.3, 0.4) is 0 Å². The molecule has 0 aliphatic carbocycles. The molecule has 0 aliphatic heterocycles. The van der Waals surface area contributed by atoms with E-state index in [0.717, 1.165) is 11.1 Å². The zero-order valence-corrected chi connectivity index (χ0v) is 8.46. The topological polar surface area (TPSA) is 26.0 Å². The summed E-state index contributed by atoms with van der Waals surface area (Å²) in [5.74, 6) is 0. The van der Waals surface area contributed by atoms with Crippen LogP contribution in [0.2, 0.25) is 11.1 Å². The second-order valence-electron chi connectivity index (χ2n) is 3.07. The first kappa shape index (κ1) is 12.5. The van der Waals surface area contributed by atoms with Crippen molar-refractivity contribution in [3.05, 3.63) is 0 Å². The summed E-state index contributed by atoms with van der Waals surface area (Å²) in [6.07, 6.45) is 0. The van der Waals surface area contributed by atoms with Gasteiger partial charge in [0.2, 0.25) is 0 Å². The van der Waals surface area contributed by atoms with Crippen LogP contribution in [-0.2, 0) is 0 Å².